The van der Waals surface area contributed by atoms with Crippen LogP contribution in [0.1, 0.15) is 15.9 Å². The predicted octanol–water partition coefficient (Wildman–Crippen LogP) is 3.09. The van der Waals surface area contributed by atoms with E-state index >= 15 is 0 Å². The van der Waals surface area contributed by atoms with Crippen molar-refractivity contribution < 1.29 is 4.79 Å². The summed E-state index contributed by atoms with van der Waals surface area (Å²) in [5.41, 5.74) is 2.49. The van der Waals surface area contributed by atoms with Crippen LogP contribution in [0, 0.1) is 11.3 Å². The van der Waals surface area contributed by atoms with Crippen molar-refractivity contribution >= 4 is 17.9 Å². The maximum atomic E-state index is 10.8. The molecule has 2 rings (SSSR count). The average molecular weight is 243 g/mol. The van der Waals surface area contributed by atoms with Gasteiger partial charge in [0.25, 0.3) is 0 Å². The summed E-state index contributed by atoms with van der Waals surface area (Å²) in [5, 5.41) is 9.20. The molecule has 0 aliphatic rings. The number of rotatable bonds is 2. The van der Waals surface area contributed by atoms with E-state index < -0.39 is 0 Å². The molecule has 2 aromatic rings. The van der Waals surface area contributed by atoms with Gasteiger partial charge in [-0.1, -0.05) is 17.7 Å². The molecule has 1 aromatic heterocycles. The molecule has 0 atom stereocenters. The Bertz CT molecular complexity index is 617. The minimum Gasteiger partial charge on any atom is -0.298 e. The van der Waals surface area contributed by atoms with Crippen LogP contribution in [-0.4, -0.2) is 11.3 Å². The molecule has 0 bridgehead atoms. The Morgan fingerprint density at radius 3 is 2.76 bits per heavy atom. The zero-order valence-corrected chi connectivity index (χ0v) is 9.48. The molecule has 0 N–H and O–H groups in total. The molecule has 1 aromatic carbocycles. The third kappa shape index (κ3) is 2.32. The maximum Gasteiger partial charge on any atom is 0.151 e. The summed E-state index contributed by atoms with van der Waals surface area (Å²) in [4.78, 5) is 14.7. The number of aldehydes is 1. The number of benzene rings is 1. The molecule has 0 saturated heterocycles. The van der Waals surface area contributed by atoms with Crippen LogP contribution in [0.25, 0.3) is 11.1 Å². The van der Waals surface area contributed by atoms with Gasteiger partial charge >= 0.3 is 0 Å². The van der Waals surface area contributed by atoms with Crippen LogP contribution in [0.3, 0.4) is 0 Å². The average Bonchev–Trinajstić information content (AvgIpc) is 2.39. The molecule has 0 aliphatic carbocycles. The van der Waals surface area contributed by atoms with Crippen molar-refractivity contribution in [1.82, 2.24) is 4.98 Å². The highest BCUT2D eigenvalue weighted by atomic mass is 35.5. The third-order valence-corrected chi connectivity index (χ3v) is 2.67. The van der Waals surface area contributed by atoms with Crippen molar-refractivity contribution in [2.45, 2.75) is 0 Å². The van der Waals surface area contributed by atoms with Gasteiger partial charge in [0, 0.05) is 23.5 Å². The van der Waals surface area contributed by atoms with Crippen LogP contribution in [0.4, 0.5) is 0 Å². The number of hydrogen-bond acceptors (Lipinski definition) is 3. The second kappa shape index (κ2) is 4.77. The lowest BCUT2D eigenvalue weighted by atomic mass is 10.0. The Morgan fingerprint density at radius 1 is 1.24 bits per heavy atom. The van der Waals surface area contributed by atoms with Crippen LogP contribution in [0.2, 0.25) is 5.02 Å². The van der Waals surface area contributed by atoms with Crippen molar-refractivity contribution in [1.29, 1.82) is 5.26 Å². The van der Waals surface area contributed by atoms with E-state index in [1.807, 2.05) is 6.07 Å². The zero-order valence-electron chi connectivity index (χ0n) is 8.72. The van der Waals surface area contributed by atoms with Gasteiger partial charge in [0.1, 0.15) is 6.07 Å². The minimum atomic E-state index is 0.410. The number of nitrogens with zero attached hydrogens (tertiary/aromatic N) is 2. The Morgan fingerprint density at radius 2 is 2.06 bits per heavy atom. The second-order valence-corrected chi connectivity index (χ2v) is 3.84. The van der Waals surface area contributed by atoms with Crippen LogP contribution >= 0.6 is 11.6 Å². The fraction of sp³-hybridized carbons (Fsp3) is 0. The first kappa shape index (κ1) is 11.3. The molecule has 0 aliphatic heterocycles. The van der Waals surface area contributed by atoms with E-state index in [0.29, 0.717) is 22.4 Å². The lowest BCUT2D eigenvalue weighted by molar-refractivity contribution is 0.112. The van der Waals surface area contributed by atoms with E-state index in [-0.39, 0.29) is 0 Å². The normalized spacial score (nSPS) is 9.65. The molecule has 0 amide bonds. The van der Waals surface area contributed by atoms with Crippen molar-refractivity contribution in [2.24, 2.45) is 0 Å². The Balaban J connectivity index is 2.53. The van der Waals surface area contributed by atoms with Crippen molar-refractivity contribution in [3.8, 4) is 17.2 Å². The number of pyridine rings is 1. The standard InChI is InChI=1S/C13H7ClN2O/c14-13-2-1-10(4-12(13)8-17)11-3-9(5-15)6-16-7-11/h1-4,6-8H. The van der Waals surface area contributed by atoms with Crippen molar-refractivity contribution in [3.63, 3.8) is 0 Å². The van der Waals surface area contributed by atoms with E-state index in [9.17, 15) is 4.79 Å². The molecule has 0 saturated carbocycles. The van der Waals surface area contributed by atoms with E-state index in [2.05, 4.69) is 4.98 Å². The molecule has 3 nitrogen and oxygen atoms in total. The van der Waals surface area contributed by atoms with E-state index in [0.717, 1.165) is 11.1 Å². The van der Waals surface area contributed by atoms with Gasteiger partial charge in [0.2, 0.25) is 0 Å². The summed E-state index contributed by atoms with van der Waals surface area (Å²) < 4.78 is 0. The van der Waals surface area contributed by atoms with Gasteiger partial charge in [-0.15, -0.1) is 0 Å². The number of nitriles is 1. The van der Waals surface area contributed by atoms with Gasteiger partial charge in [-0.25, -0.2) is 0 Å². The molecule has 0 unspecified atom stereocenters. The van der Waals surface area contributed by atoms with Crippen LogP contribution in [-0.2, 0) is 0 Å². The molecule has 0 spiro atoms. The Hall–Kier alpha value is -2.18. The number of hydrogen-bond donors (Lipinski definition) is 0. The molecular formula is C13H7ClN2O. The molecule has 4 heteroatoms. The second-order valence-electron chi connectivity index (χ2n) is 3.43. The minimum absolute atomic E-state index is 0.410. The maximum absolute atomic E-state index is 10.8. The smallest absolute Gasteiger partial charge is 0.151 e. The predicted molar refractivity (Wildman–Crippen MR) is 64.8 cm³/mol. The van der Waals surface area contributed by atoms with Gasteiger partial charge < -0.3 is 0 Å². The lowest BCUT2D eigenvalue weighted by Gasteiger charge is -2.03. The number of carbonyl (C=O) groups excluding carboxylic acids is 1. The molecule has 17 heavy (non-hydrogen) atoms. The summed E-state index contributed by atoms with van der Waals surface area (Å²) in [5.74, 6) is 0. The first-order chi connectivity index (χ1) is 8.24. The zero-order chi connectivity index (χ0) is 12.3. The van der Waals surface area contributed by atoms with Gasteiger partial charge in [0.05, 0.1) is 10.6 Å². The first-order valence-corrected chi connectivity index (χ1v) is 5.22. The highest BCUT2D eigenvalue weighted by Crippen LogP contribution is 2.24. The Kier molecular flexibility index (Phi) is 3.17. The first-order valence-electron chi connectivity index (χ1n) is 4.85. The van der Waals surface area contributed by atoms with Gasteiger partial charge in [-0.3, -0.25) is 9.78 Å². The van der Waals surface area contributed by atoms with Crippen molar-refractivity contribution in [3.05, 3.63) is 52.8 Å². The number of carbonyl (C=O) groups is 1. The summed E-state index contributed by atoms with van der Waals surface area (Å²) in [6.07, 6.45) is 3.83. The Labute approximate surface area is 103 Å². The van der Waals surface area contributed by atoms with Gasteiger partial charge in [-0.05, 0) is 23.8 Å². The highest BCUT2D eigenvalue weighted by molar-refractivity contribution is 6.33. The van der Waals surface area contributed by atoms with Crippen LogP contribution in [0.15, 0.2) is 36.7 Å². The summed E-state index contributed by atoms with van der Waals surface area (Å²) >= 11 is 5.84. The molecular weight excluding hydrogens is 236 g/mol. The van der Waals surface area contributed by atoms with E-state index in [1.165, 1.54) is 6.20 Å². The summed E-state index contributed by atoms with van der Waals surface area (Å²) in [6.45, 7) is 0. The van der Waals surface area contributed by atoms with Gasteiger partial charge in [-0.2, -0.15) is 5.26 Å². The van der Waals surface area contributed by atoms with Crippen LogP contribution in [0.5, 0.6) is 0 Å². The summed E-state index contributed by atoms with van der Waals surface area (Å²) in [7, 11) is 0. The van der Waals surface area contributed by atoms with E-state index in [1.54, 1.807) is 30.5 Å². The summed E-state index contributed by atoms with van der Waals surface area (Å²) in [6, 6.07) is 8.84. The molecule has 1 heterocycles. The topological polar surface area (TPSA) is 53.8 Å². The SMILES string of the molecule is N#Cc1cncc(-c2ccc(Cl)c(C=O)c2)c1. The highest BCUT2D eigenvalue weighted by Gasteiger charge is 2.04. The largest absolute Gasteiger partial charge is 0.298 e. The molecule has 0 fully saturated rings. The van der Waals surface area contributed by atoms with E-state index in [4.69, 9.17) is 16.9 Å². The third-order valence-electron chi connectivity index (χ3n) is 2.32. The lowest BCUT2D eigenvalue weighted by Crippen LogP contribution is -1.87. The number of aromatic nitrogens is 1. The fourth-order valence-corrected chi connectivity index (χ4v) is 1.63. The fourth-order valence-electron chi connectivity index (χ4n) is 1.47. The molecule has 82 valence electrons. The molecule has 0 radical (unpaired) electrons. The quantitative estimate of drug-likeness (QED) is 0.761. The monoisotopic (exact) mass is 242 g/mol. The van der Waals surface area contributed by atoms with Crippen LogP contribution < -0.4 is 0 Å². The number of halogens is 1. The van der Waals surface area contributed by atoms with Crippen molar-refractivity contribution in [2.75, 3.05) is 0 Å². The van der Waals surface area contributed by atoms with Gasteiger partial charge in [0.15, 0.2) is 6.29 Å².